The molecule has 1 saturated heterocycles. The average molecular weight is 325 g/mol. The van der Waals surface area contributed by atoms with Crippen molar-refractivity contribution in [1.29, 1.82) is 0 Å². The van der Waals surface area contributed by atoms with Crippen molar-refractivity contribution in [2.24, 2.45) is 0 Å². The average Bonchev–Trinajstić information content (AvgIpc) is 3.08. The van der Waals surface area contributed by atoms with Gasteiger partial charge in [0.2, 0.25) is 0 Å². The highest BCUT2D eigenvalue weighted by molar-refractivity contribution is 5.93. The summed E-state index contributed by atoms with van der Waals surface area (Å²) in [6, 6.07) is 1.70. The molecule has 1 fully saturated rings. The molecule has 124 valence electrons. The normalized spacial score (nSPS) is 20.5. The van der Waals surface area contributed by atoms with Crippen molar-refractivity contribution in [3.05, 3.63) is 47.3 Å². The molecule has 2 aromatic rings. The fourth-order valence-corrected chi connectivity index (χ4v) is 3.46. The van der Waals surface area contributed by atoms with Crippen LogP contribution in [0.5, 0.6) is 0 Å². The standard InChI is InChI=1S/C17H19N5O2/c23-17(12-1-5-20-21-9-12)22-6-2-14-15(3-7-22)18-11-19-16(14)13-4-8-24-10-13/h1,5,9,11,13H,2-4,6-8,10H2/t13-/m0/s1. The van der Waals surface area contributed by atoms with Gasteiger partial charge in [0, 0.05) is 37.7 Å². The third-order valence-corrected chi connectivity index (χ3v) is 4.75. The van der Waals surface area contributed by atoms with E-state index < -0.39 is 0 Å². The van der Waals surface area contributed by atoms with Crippen molar-refractivity contribution in [3.8, 4) is 0 Å². The predicted octanol–water partition coefficient (Wildman–Crippen LogP) is 1.01. The maximum atomic E-state index is 12.6. The number of nitrogens with zero attached hydrogens (tertiary/aromatic N) is 5. The molecule has 1 atom stereocenters. The lowest BCUT2D eigenvalue weighted by Gasteiger charge is -2.20. The fourth-order valence-electron chi connectivity index (χ4n) is 3.46. The monoisotopic (exact) mass is 325 g/mol. The van der Waals surface area contributed by atoms with E-state index in [4.69, 9.17) is 4.74 Å². The Hall–Kier alpha value is -2.41. The van der Waals surface area contributed by atoms with E-state index in [-0.39, 0.29) is 5.91 Å². The van der Waals surface area contributed by atoms with Crippen LogP contribution in [0.3, 0.4) is 0 Å². The van der Waals surface area contributed by atoms with Gasteiger partial charge in [-0.3, -0.25) is 4.79 Å². The van der Waals surface area contributed by atoms with Crippen molar-refractivity contribution in [2.45, 2.75) is 25.2 Å². The van der Waals surface area contributed by atoms with E-state index in [9.17, 15) is 4.79 Å². The molecule has 2 aromatic heterocycles. The summed E-state index contributed by atoms with van der Waals surface area (Å²) < 4.78 is 5.51. The third-order valence-electron chi connectivity index (χ3n) is 4.75. The van der Waals surface area contributed by atoms with Crippen molar-refractivity contribution in [2.75, 3.05) is 26.3 Å². The van der Waals surface area contributed by atoms with Gasteiger partial charge in [-0.2, -0.15) is 10.2 Å². The van der Waals surface area contributed by atoms with Gasteiger partial charge < -0.3 is 9.64 Å². The summed E-state index contributed by atoms with van der Waals surface area (Å²) in [5.41, 5.74) is 3.95. The van der Waals surface area contributed by atoms with Gasteiger partial charge in [-0.1, -0.05) is 0 Å². The zero-order chi connectivity index (χ0) is 16.4. The fraction of sp³-hybridized carbons (Fsp3) is 0.471. The van der Waals surface area contributed by atoms with Crippen LogP contribution in [0.4, 0.5) is 0 Å². The first-order chi connectivity index (χ1) is 11.8. The Bertz CT molecular complexity index is 731. The highest BCUT2D eigenvalue weighted by Crippen LogP contribution is 2.29. The summed E-state index contributed by atoms with van der Waals surface area (Å²) in [6.07, 6.45) is 7.26. The molecule has 0 radical (unpaired) electrons. The maximum Gasteiger partial charge on any atom is 0.255 e. The van der Waals surface area contributed by atoms with E-state index in [0.29, 0.717) is 24.6 Å². The Morgan fingerprint density at radius 1 is 1.21 bits per heavy atom. The number of carbonyl (C=O) groups is 1. The van der Waals surface area contributed by atoms with Crippen LogP contribution in [0.15, 0.2) is 24.8 Å². The topological polar surface area (TPSA) is 81.1 Å². The van der Waals surface area contributed by atoms with E-state index in [2.05, 4.69) is 20.2 Å². The molecule has 7 nitrogen and oxygen atoms in total. The first-order valence-corrected chi connectivity index (χ1v) is 8.29. The number of amides is 1. The molecule has 4 rings (SSSR count). The molecule has 0 bridgehead atoms. The smallest absolute Gasteiger partial charge is 0.255 e. The van der Waals surface area contributed by atoms with Crippen LogP contribution in [0.1, 0.15) is 39.6 Å². The molecular weight excluding hydrogens is 306 g/mol. The van der Waals surface area contributed by atoms with E-state index in [1.54, 1.807) is 18.6 Å². The first-order valence-electron chi connectivity index (χ1n) is 8.29. The molecule has 0 spiro atoms. The highest BCUT2D eigenvalue weighted by atomic mass is 16.5. The van der Waals surface area contributed by atoms with Crippen LogP contribution in [0.25, 0.3) is 0 Å². The van der Waals surface area contributed by atoms with Crippen molar-refractivity contribution >= 4 is 5.91 Å². The molecular formula is C17H19N5O2. The molecule has 7 heteroatoms. The molecule has 0 saturated carbocycles. The Balaban J connectivity index is 1.56. The second-order valence-electron chi connectivity index (χ2n) is 6.17. The maximum absolute atomic E-state index is 12.6. The number of fused-ring (bicyclic) bond motifs is 1. The van der Waals surface area contributed by atoms with Crippen molar-refractivity contribution in [1.82, 2.24) is 25.1 Å². The lowest BCUT2D eigenvalue weighted by Crippen LogP contribution is -2.33. The molecule has 4 heterocycles. The van der Waals surface area contributed by atoms with Crippen LogP contribution in [-0.2, 0) is 17.6 Å². The van der Waals surface area contributed by atoms with Gasteiger partial charge in [-0.15, -0.1) is 0 Å². The molecule has 0 N–H and O–H groups in total. The molecule has 2 aliphatic heterocycles. The van der Waals surface area contributed by atoms with Gasteiger partial charge in [0.15, 0.2) is 0 Å². The van der Waals surface area contributed by atoms with Gasteiger partial charge >= 0.3 is 0 Å². The summed E-state index contributed by atoms with van der Waals surface area (Å²) in [5, 5.41) is 7.52. The molecule has 0 unspecified atom stereocenters. The Labute approximate surface area is 140 Å². The largest absolute Gasteiger partial charge is 0.381 e. The van der Waals surface area contributed by atoms with E-state index in [0.717, 1.165) is 43.9 Å². The number of hydrogen-bond donors (Lipinski definition) is 0. The molecule has 0 aromatic carbocycles. The minimum absolute atomic E-state index is 0.00332. The highest BCUT2D eigenvalue weighted by Gasteiger charge is 2.27. The Kier molecular flexibility index (Phi) is 4.17. The minimum atomic E-state index is -0.00332. The van der Waals surface area contributed by atoms with Crippen LogP contribution in [0, 0.1) is 0 Å². The number of carbonyl (C=O) groups excluding carboxylic acids is 1. The van der Waals surface area contributed by atoms with Crippen molar-refractivity contribution < 1.29 is 9.53 Å². The van der Waals surface area contributed by atoms with Gasteiger partial charge in [0.1, 0.15) is 6.33 Å². The first kappa shape index (κ1) is 15.1. The van der Waals surface area contributed by atoms with Crippen LogP contribution < -0.4 is 0 Å². The summed E-state index contributed by atoms with van der Waals surface area (Å²) in [6.45, 7) is 2.85. The predicted molar refractivity (Wildman–Crippen MR) is 85.6 cm³/mol. The quantitative estimate of drug-likeness (QED) is 0.820. The van der Waals surface area contributed by atoms with Crippen molar-refractivity contribution in [3.63, 3.8) is 0 Å². The molecule has 24 heavy (non-hydrogen) atoms. The SMILES string of the molecule is O=C(c1ccnnc1)N1CCc2ncnc([C@H]3CCOC3)c2CC1. The van der Waals surface area contributed by atoms with Crippen LogP contribution in [0.2, 0.25) is 0 Å². The van der Waals surface area contributed by atoms with E-state index in [1.165, 1.54) is 11.8 Å². The minimum Gasteiger partial charge on any atom is -0.381 e. The van der Waals surface area contributed by atoms with Gasteiger partial charge in [0.25, 0.3) is 5.91 Å². The summed E-state index contributed by atoms with van der Waals surface area (Å²) in [7, 11) is 0. The van der Waals surface area contributed by atoms with E-state index >= 15 is 0 Å². The zero-order valence-corrected chi connectivity index (χ0v) is 13.4. The zero-order valence-electron chi connectivity index (χ0n) is 13.4. The third kappa shape index (κ3) is 2.87. The summed E-state index contributed by atoms with van der Waals surface area (Å²) in [5.74, 6) is 0.352. The van der Waals surface area contributed by atoms with E-state index in [1.807, 2.05) is 4.90 Å². The number of aromatic nitrogens is 4. The second-order valence-corrected chi connectivity index (χ2v) is 6.17. The van der Waals surface area contributed by atoms with Gasteiger partial charge in [-0.05, 0) is 24.5 Å². The molecule has 0 aliphatic carbocycles. The lowest BCUT2D eigenvalue weighted by molar-refractivity contribution is 0.0762. The summed E-state index contributed by atoms with van der Waals surface area (Å²) in [4.78, 5) is 23.5. The van der Waals surface area contributed by atoms with Gasteiger partial charge in [-0.25, -0.2) is 9.97 Å². The second kappa shape index (κ2) is 6.60. The Morgan fingerprint density at radius 3 is 2.92 bits per heavy atom. The number of hydrogen-bond acceptors (Lipinski definition) is 6. The lowest BCUT2D eigenvalue weighted by atomic mass is 9.96. The molecule has 1 amide bonds. The molecule has 2 aliphatic rings. The number of ether oxygens (including phenoxy) is 1. The van der Waals surface area contributed by atoms with Crippen LogP contribution >= 0.6 is 0 Å². The van der Waals surface area contributed by atoms with Gasteiger partial charge in [0.05, 0.1) is 30.3 Å². The van der Waals surface area contributed by atoms with Crippen LogP contribution in [-0.4, -0.2) is 57.3 Å². The Morgan fingerprint density at radius 2 is 2.12 bits per heavy atom. The number of rotatable bonds is 2. The summed E-state index contributed by atoms with van der Waals surface area (Å²) >= 11 is 0.